The van der Waals surface area contributed by atoms with Crippen molar-refractivity contribution in [2.24, 2.45) is 11.8 Å². The lowest BCUT2D eigenvalue weighted by atomic mass is 9.75. The minimum Gasteiger partial charge on any atom is -0.493 e. The maximum Gasteiger partial charge on any atom is 0.429 e. The van der Waals surface area contributed by atoms with E-state index >= 15 is 0 Å². The first-order chi connectivity index (χ1) is 18.1. The van der Waals surface area contributed by atoms with Gasteiger partial charge in [0.2, 0.25) is 0 Å². The number of hydrogen-bond donors (Lipinski definition) is 0. The summed E-state index contributed by atoms with van der Waals surface area (Å²) in [5, 5.41) is 0. The van der Waals surface area contributed by atoms with Crippen molar-refractivity contribution in [3.63, 3.8) is 0 Å². The Balaban J connectivity index is 1.41. The van der Waals surface area contributed by atoms with Gasteiger partial charge in [-0.3, -0.25) is 0 Å². The van der Waals surface area contributed by atoms with E-state index in [1.807, 2.05) is 0 Å². The molecular formula is C29H31F7O2. The van der Waals surface area contributed by atoms with Gasteiger partial charge in [0, 0.05) is 17.7 Å². The van der Waals surface area contributed by atoms with Crippen LogP contribution in [0, 0.1) is 40.9 Å². The summed E-state index contributed by atoms with van der Waals surface area (Å²) in [5.41, 5.74) is -0.535. The van der Waals surface area contributed by atoms with E-state index in [1.54, 1.807) is 6.26 Å². The van der Waals surface area contributed by atoms with Gasteiger partial charge in [-0.15, -0.1) is 0 Å². The first kappa shape index (κ1) is 28.3. The van der Waals surface area contributed by atoms with Crippen LogP contribution in [0.4, 0.5) is 30.7 Å². The minimum absolute atomic E-state index is 0.188. The van der Waals surface area contributed by atoms with E-state index in [4.69, 9.17) is 4.74 Å². The largest absolute Gasteiger partial charge is 0.493 e. The topological polar surface area (TPSA) is 18.5 Å². The fourth-order valence-electron chi connectivity index (χ4n) is 5.46. The van der Waals surface area contributed by atoms with Crippen LogP contribution in [0.2, 0.25) is 0 Å². The molecule has 1 heterocycles. The van der Waals surface area contributed by atoms with Crippen LogP contribution < -0.4 is 4.74 Å². The van der Waals surface area contributed by atoms with Gasteiger partial charge in [-0.2, -0.15) is 8.78 Å². The molecule has 1 saturated carbocycles. The number of rotatable bonds is 9. The molecule has 1 aliphatic carbocycles. The van der Waals surface area contributed by atoms with Crippen LogP contribution in [0.15, 0.2) is 36.1 Å². The molecule has 2 nitrogen and oxygen atoms in total. The third kappa shape index (κ3) is 6.29. The second-order valence-electron chi connectivity index (χ2n) is 10.2. The van der Waals surface area contributed by atoms with Crippen LogP contribution in [0.25, 0.3) is 0 Å². The number of halogens is 7. The summed E-state index contributed by atoms with van der Waals surface area (Å²) in [7, 11) is 0. The van der Waals surface area contributed by atoms with Crippen LogP contribution >= 0.6 is 0 Å². The lowest BCUT2D eigenvalue weighted by Crippen LogP contribution is -2.25. The third-order valence-corrected chi connectivity index (χ3v) is 7.64. The van der Waals surface area contributed by atoms with Crippen molar-refractivity contribution in [3.8, 4) is 5.75 Å². The summed E-state index contributed by atoms with van der Waals surface area (Å²) in [4.78, 5) is 0. The summed E-state index contributed by atoms with van der Waals surface area (Å²) in [6.07, 6.45) is 6.78. The number of benzene rings is 2. The fourth-order valence-corrected chi connectivity index (χ4v) is 5.46. The molecule has 9 heteroatoms. The Morgan fingerprint density at radius 3 is 2.16 bits per heavy atom. The highest BCUT2D eigenvalue weighted by molar-refractivity contribution is 5.32. The maximum absolute atomic E-state index is 14.9. The normalized spacial score (nSPS) is 22.1. The first-order valence-corrected chi connectivity index (χ1v) is 13.1. The third-order valence-electron chi connectivity index (χ3n) is 7.64. The second kappa shape index (κ2) is 12.0. The molecule has 0 radical (unpaired) electrons. The van der Waals surface area contributed by atoms with Gasteiger partial charge >= 0.3 is 6.11 Å². The average Bonchev–Trinajstić information content (AvgIpc) is 2.89. The molecule has 208 valence electrons. The highest BCUT2D eigenvalue weighted by Crippen LogP contribution is 2.42. The number of alkyl halides is 2. The van der Waals surface area contributed by atoms with Crippen LogP contribution in [0.5, 0.6) is 5.75 Å². The predicted octanol–water partition coefficient (Wildman–Crippen LogP) is 9.63. The molecule has 0 aromatic heterocycles. The molecule has 0 amide bonds. The van der Waals surface area contributed by atoms with Crippen LogP contribution in [0.1, 0.15) is 88.4 Å². The highest BCUT2D eigenvalue weighted by Gasteiger charge is 2.40. The van der Waals surface area contributed by atoms with Gasteiger partial charge in [0.15, 0.2) is 29.1 Å². The molecule has 4 rings (SSSR count). The molecule has 2 aromatic rings. The zero-order chi connectivity index (χ0) is 27.4. The lowest BCUT2D eigenvalue weighted by Gasteiger charge is -2.33. The molecule has 0 saturated heterocycles. The standard InChI is InChI=1S/C29H31F7O2/c1-2-3-4-5-17-6-8-18(9-7-17)19-10-13-25(37-16-19)21-11-12-22(27(33)26(21)32)29(35,36)38-20-14-23(30)28(34)24(31)15-20/h11-12,14-18,25H,2-10,13H2,1H3. The van der Waals surface area contributed by atoms with E-state index in [0.717, 1.165) is 30.4 Å². The molecule has 38 heavy (non-hydrogen) atoms. The van der Waals surface area contributed by atoms with Gasteiger partial charge in [0.25, 0.3) is 0 Å². The maximum atomic E-state index is 14.9. The quantitative estimate of drug-likeness (QED) is 0.178. The van der Waals surface area contributed by atoms with E-state index in [0.29, 0.717) is 24.8 Å². The molecule has 1 unspecified atom stereocenters. The summed E-state index contributed by atoms with van der Waals surface area (Å²) in [6, 6.07) is 2.01. The Hall–Kier alpha value is -2.71. The van der Waals surface area contributed by atoms with E-state index < -0.39 is 52.6 Å². The average molecular weight is 545 g/mol. The Morgan fingerprint density at radius 2 is 1.55 bits per heavy atom. The van der Waals surface area contributed by atoms with E-state index in [-0.39, 0.29) is 17.7 Å². The summed E-state index contributed by atoms with van der Waals surface area (Å²) in [6.45, 7) is 2.20. The minimum atomic E-state index is -4.49. The molecule has 2 aromatic carbocycles. The Bertz CT molecular complexity index is 1130. The summed E-state index contributed by atoms with van der Waals surface area (Å²) < 4.78 is 109. The van der Waals surface area contributed by atoms with Crippen molar-refractivity contribution in [3.05, 3.63) is 76.3 Å². The summed E-state index contributed by atoms with van der Waals surface area (Å²) in [5.74, 6) is -8.71. The van der Waals surface area contributed by atoms with E-state index in [2.05, 4.69) is 11.7 Å². The molecule has 1 atom stereocenters. The van der Waals surface area contributed by atoms with Crippen LogP contribution in [-0.4, -0.2) is 0 Å². The first-order valence-electron chi connectivity index (χ1n) is 13.1. The molecule has 1 fully saturated rings. The lowest BCUT2D eigenvalue weighted by molar-refractivity contribution is -0.188. The Labute approximate surface area is 217 Å². The van der Waals surface area contributed by atoms with Gasteiger partial charge in [-0.1, -0.05) is 38.7 Å². The van der Waals surface area contributed by atoms with Crippen molar-refractivity contribution in [2.45, 2.75) is 83.3 Å². The van der Waals surface area contributed by atoms with Crippen molar-refractivity contribution in [2.75, 3.05) is 0 Å². The monoisotopic (exact) mass is 544 g/mol. The van der Waals surface area contributed by atoms with Gasteiger partial charge in [-0.05, 0) is 62.0 Å². The van der Waals surface area contributed by atoms with Crippen LogP contribution in [0.3, 0.4) is 0 Å². The van der Waals surface area contributed by atoms with Gasteiger partial charge in [-0.25, -0.2) is 22.0 Å². The SMILES string of the molecule is CCCCCC1CCC(C2=COC(c3ccc(C(F)(F)Oc4cc(F)c(F)c(F)c4)c(F)c3F)CC2)CC1. The molecule has 1 aliphatic heterocycles. The Kier molecular flexibility index (Phi) is 8.93. The van der Waals surface area contributed by atoms with Crippen molar-refractivity contribution in [1.82, 2.24) is 0 Å². The van der Waals surface area contributed by atoms with E-state index in [1.165, 1.54) is 38.5 Å². The van der Waals surface area contributed by atoms with Crippen LogP contribution in [-0.2, 0) is 10.8 Å². The molecule has 0 bridgehead atoms. The summed E-state index contributed by atoms with van der Waals surface area (Å²) >= 11 is 0. The molecular weight excluding hydrogens is 513 g/mol. The van der Waals surface area contributed by atoms with Crippen molar-refractivity contribution >= 4 is 0 Å². The zero-order valence-electron chi connectivity index (χ0n) is 21.2. The number of hydrogen-bond acceptors (Lipinski definition) is 2. The van der Waals surface area contributed by atoms with Crippen molar-refractivity contribution < 1.29 is 40.2 Å². The van der Waals surface area contributed by atoms with E-state index in [9.17, 15) is 30.7 Å². The van der Waals surface area contributed by atoms with Gasteiger partial charge in [0.1, 0.15) is 17.4 Å². The predicted molar refractivity (Wildman–Crippen MR) is 128 cm³/mol. The molecule has 0 N–H and O–H groups in total. The highest BCUT2D eigenvalue weighted by atomic mass is 19.3. The smallest absolute Gasteiger partial charge is 0.429 e. The van der Waals surface area contributed by atoms with Gasteiger partial charge < -0.3 is 9.47 Å². The van der Waals surface area contributed by atoms with Crippen molar-refractivity contribution in [1.29, 1.82) is 0 Å². The zero-order valence-corrected chi connectivity index (χ0v) is 21.2. The Morgan fingerprint density at radius 1 is 0.868 bits per heavy atom. The molecule has 0 spiro atoms. The second-order valence-corrected chi connectivity index (χ2v) is 10.2. The number of unbranched alkanes of at least 4 members (excludes halogenated alkanes) is 2. The molecule has 2 aliphatic rings. The fraction of sp³-hybridized carbons (Fsp3) is 0.517. The number of allylic oxidation sites excluding steroid dienone is 1. The number of ether oxygens (including phenoxy) is 2. The van der Waals surface area contributed by atoms with Gasteiger partial charge in [0.05, 0.1) is 6.26 Å².